The van der Waals surface area contributed by atoms with Crippen LogP contribution in [0.1, 0.15) is 83.1 Å². The summed E-state index contributed by atoms with van der Waals surface area (Å²) >= 11 is 0. The average Bonchev–Trinajstić information content (AvgIpc) is 2.65. The van der Waals surface area contributed by atoms with Crippen LogP contribution in [-0.2, 0) is 39.3 Å². The molecule has 4 unspecified atom stereocenters. The van der Waals surface area contributed by atoms with Gasteiger partial charge in [-0.05, 0) is 83.1 Å². The van der Waals surface area contributed by atoms with E-state index in [2.05, 4.69) is 0 Å². The summed E-state index contributed by atoms with van der Waals surface area (Å²) in [7, 11) is 0. The van der Waals surface area contributed by atoms with E-state index in [-0.39, 0.29) is 20.1 Å². The first kappa shape index (κ1) is 48.9. The summed E-state index contributed by atoms with van der Waals surface area (Å²) in [5, 5.41) is 113. The molecule has 0 heterocycles. The molecule has 245 valence electrons. The third-order valence-corrected chi connectivity index (χ3v) is 6.36. The van der Waals surface area contributed by atoms with Gasteiger partial charge in [0.05, 0.1) is 46.3 Å². The van der Waals surface area contributed by atoms with Crippen molar-refractivity contribution in [3.05, 3.63) is 0 Å². The summed E-state index contributed by atoms with van der Waals surface area (Å²) in [6, 6.07) is 0. The maximum atomic E-state index is 10.1. The summed E-state index contributed by atoms with van der Waals surface area (Å²) in [4.78, 5) is 40.6. The Bertz CT molecular complexity index is 720. The minimum atomic E-state index is -2.20. The van der Waals surface area contributed by atoms with Crippen molar-refractivity contribution in [1.82, 2.24) is 0 Å². The van der Waals surface area contributed by atoms with Gasteiger partial charge in [-0.2, -0.15) is 0 Å². The summed E-state index contributed by atoms with van der Waals surface area (Å²) in [6.07, 6.45) is 0. The Morgan fingerprint density at radius 2 is 0.415 bits per heavy atom. The van der Waals surface area contributed by atoms with Gasteiger partial charge in [-0.3, -0.25) is 0 Å². The molecule has 0 aliphatic carbocycles. The van der Waals surface area contributed by atoms with Crippen LogP contribution in [0.4, 0.5) is 0 Å². The molecule has 0 aliphatic rings. The van der Waals surface area contributed by atoms with Gasteiger partial charge in [0.25, 0.3) is 0 Å². The summed E-state index contributed by atoms with van der Waals surface area (Å²) in [6.45, 7) is 13.5. The number of aliphatic carboxylic acids is 4. The van der Waals surface area contributed by atoms with Crippen molar-refractivity contribution in [1.29, 1.82) is 0 Å². The minimum Gasteiger partial charge on any atom is -0.547 e. The largest absolute Gasteiger partial charge is 4.00 e. The van der Waals surface area contributed by atoms with Crippen LogP contribution >= 0.6 is 0 Å². The Labute approximate surface area is 252 Å². The van der Waals surface area contributed by atoms with Crippen LogP contribution in [0.15, 0.2) is 0 Å². The topological polar surface area (TPSA) is 322 Å². The Morgan fingerprint density at radius 3 is 0.415 bits per heavy atom. The van der Waals surface area contributed by atoms with Gasteiger partial charge in [-0.15, -0.1) is 0 Å². The van der Waals surface area contributed by atoms with Crippen LogP contribution in [0.25, 0.3) is 0 Å². The molecule has 0 aromatic carbocycles. The van der Waals surface area contributed by atoms with E-state index < -0.39 is 68.7 Å². The Kier molecular flexibility index (Phi) is 18.6. The molecule has 17 heteroatoms. The predicted octanol–water partition coefficient (Wildman–Crippen LogP) is -6.97. The monoisotopic (exact) mass is 781 g/mol. The zero-order valence-electron chi connectivity index (χ0n) is 25.2. The number of carboxylic acid groups (broad SMARTS) is 4. The van der Waals surface area contributed by atoms with Crippen LogP contribution in [0.2, 0.25) is 0 Å². The number of hydrogen-bond donors (Lipinski definition) is 8. The van der Waals surface area contributed by atoms with Crippen molar-refractivity contribution in [3.8, 4) is 0 Å². The molecule has 0 saturated heterocycles. The molecular formula is C24H44IrO16. The fraction of sp³-hybridized carbons (Fsp3) is 0.833. The molecule has 4 atom stereocenters. The van der Waals surface area contributed by atoms with Crippen molar-refractivity contribution < 1.29 is 101 Å². The van der Waals surface area contributed by atoms with Crippen molar-refractivity contribution >= 4 is 23.9 Å². The Balaban J connectivity index is -0.000000139. The molecule has 41 heavy (non-hydrogen) atoms. The van der Waals surface area contributed by atoms with Crippen LogP contribution in [0.3, 0.4) is 0 Å². The van der Waals surface area contributed by atoms with E-state index in [0.717, 1.165) is 27.7 Å². The van der Waals surface area contributed by atoms with E-state index in [1.165, 1.54) is 55.4 Å². The molecule has 0 bridgehead atoms. The fourth-order valence-electron chi connectivity index (χ4n) is 0.999. The number of hydrogen-bond acceptors (Lipinski definition) is 16. The predicted molar refractivity (Wildman–Crippen MR) is 128 cm³/mol. The van der Waals surface area contributed by atoms with Gasteiger partial charge in [0.2, 0.25) is 0 Å². The van der Waals surface area contributed by atoms with Gasteiger partial charge in [-0.1, -0.05) is 0 Å². The average molecular weight is 781 g/mol. The summed E-state index contributed by atoms with van der Waals surface area (Å²) in [5.41, 5.74) is -15.6. The molecule has 0 spiro atoms. The Morgan fingerprint density at radius 1 is 0.341 bits per heavy atom. The molecule has 0 aliphatic heterocycles. The smallest absolute Gasteiger partial charge is 0.547 e. The molecule has 8 N–H and O–H groups in total. The molecule has 1 radical (unpaired) electrons. The van der Waals surface area contributed by atoms with Gasteiger partial charge >= 0.3 is 20.1 Å². The standard InChI is InChI=1S/4C6H12O4.Ir/c4*1-5(2,9)6(3,10)4(7)8;/h4*9-10H,1-3H3,(H,7,8);/q;;;;+4/p-4. The molecule has 0 saturated carbocycles. The van der Waals surface area contributed by atoms with E-state index in [1.807, 2.05) is 0 Å². The number of rotatable bonds is 8. The molecule has 0 aromatic heterocycles. The van der Waals surface area contributed by atoms with Crippen molar-refractivity contribution in [3.63, 3.8) is 0 Å². The van der Waals surface area contributed by atoms with Gasteiger partial charge < -0.3 is 80.5 Å². The van der Waals surface area contributed by atoms with Crippen LogP contribution < -0.4 is 20.4 Å². The quantitative estimate of drug-likeness (QED) is 0.113. The van der Waals surface area contributed by atoms with E-state index in [0.29, 0.717) is 0 Å². The van der Waals surface area contributed by atoms with E-state index in [1.54, 1.807) is 0 Å². The normalized spacial score (nSPS) is 17.7. The summed E-state index contributed by atoms with van der Waals surface area (Å²) < 4.78 is 0. The third-order valence-electron chi connectivity index (χ3n) is 6.36. The van der Waals surface area contributed by atoms with E-state index in [9.17, 15) is 39.6 Å². The second-order valence-corrected chi connectivity index (χ2v) is 11.7. The van der Waals surface area contributed by atoms with E-state index >= 15 is 0 Å². The molecule has 0 amide bonds. The number of carbonyl (C=O) groups excluding carboxylic acids is 4. The SMILES string of the molecule is CC(C)(O)C(C)(O)C(=O)[O-].CC(C)(O)C(C)(O)C(=O)[O-].CC(C)(O)C(C)(O)C(=O)[O-].CC(C)(O)C(C)(O)C(=O)[O-].[Ir+4]. The number of carbonyl (C=O) groups is 4. The van der Waals surface area contributed by atoms with Gasteiger partial charge in [0.15, 0.2) is 0 Å². The Hall–Kier alpha value is -1.79. The molecular weight excluding hydrogens is 736 g/mol. The van der Waals surface area contributed by atoms with Gasteiger partial charge in [0, 0.05) is 0 Å². The van der Waals surface area contributed by atoms with Crippen molar-refractivity contribution in [2.24, 2.45) is 0 Å². The third kappa shape index (κ3) is 14.8. The van der Waals surface area contributed by atoms with E-state index in [4.69, 9.17) is 40.9 Å². The molecule has 0 aromatic rings. The zero-order valence-corrected chi connectivity index (χ0v) is 27.6. The van der Waals surface area contributed by atoms with Crippen LogP contribution in [-0.4, -0.2) is 110 Å². The maximum absolute atomic E-state index is 10.1. The first-order chi connectivity index (χ1) is 16.8. The number of carboxylic acids is 4. The van der Waals surface area contributed by atoms with Crippen molar-refractivity contribution in [2.45, 2.75) is 128 Å². The van der Waals surface area contributed by atoms with Crippen LogP contribution in [0, 0.1) is 0 Å². The zero-order chi connectivity index (χ0) is 34.3. The number of aliphatic hydroxyl groups is 8. The van der Waals surface area contributed by atoms with Gasteiger partial charge in [0.1, 0.15) is 22.4 Å². The summed E-state index contributed by atoms with van der Waals surface area (Å²) in [5.74, 6) is -6.72. The minimum absolute atomic E-state index is 0. The second-order valence-electron chi connectivity index (χ2n) is 11.7. The first-order valence-electron chi connectivity index (χ1n) is 11.4. The van der Waals surface area contributed by atoms with Crippen LogP contribution in [0.5, 0.6) is 0 Å². The second kappa shape index (κ2) is 15.6. The molecule has 16 nitrogen and oxygen atoms in total. The molecule has 0 fully saturated rings. The first-order valence-corrected chi connectivity index (χ1v) is 11.4. The fourth-order valence-corrected chi connectivity index (χ4v) is 0.999. The van der Waals surface area contributed by atoms with Gasteiger partial charge in [-0.25, -0.2) is 0 Å². The van der Waals surface area contributed by atoms with Crippen molar-refractivity contribution in [2.75, 3.05) is 0 Å². The molecule has 0 rings (SSSR count). The maximum Gasteiger partial charge on any atom is 4.00 e.